The molecule has 0 aromatic heterocycles. The number of unbranched alkanes of at least 4 members (excludes halogenated alkanes) is 2. The number of ether oxygens (including phenoxy) is 1. The molecule has 124 valence electrons. The first-order chi connectivity index (χ1) is 11.3. The van der Waals surface area contributed by atoms with E-state index in [9.17, 15) is 0 Å². The summed E-state index contributed by atoms with van der Waals surface area (Å²) in [7, 11) is 0. The fourth-order valence-electron chi connectivity index (χ4n) is 2.45. The van der Waals surface area contributed by atoms with E-state index in [-0.39, 0.29) is 0 Å². The Labute approximate surface area is 139 Å². The van der Waals surface area contributed by atoms with E-state index in [1.807, 2.05) is 24.3 Å². The van der Waals surface area contributed by atoms with Crippen LogP contribution in [0.5, 0.6) is 5.75 Å². The molecule has 0 spiro atoms. The first kappa shape index (κ1) is 17.5. The highest BCUT2D eigenvalue weighted by molar-refractivity contribution is 5.30. The smallest absolute Gasteiger partial charge is 0.120 e. The summed E-state index contributed by atoms with van der Waals surface area (Å²) in [4.78, 5) is 0. The normalized spacial score (nSPS) is 10.7. The van der Waals surface area contributed by atoms with Gasteiger partial charge < -0.3 is 15.2 Å². The second-order valence-corrected chi connectivity index (χ2v) is 5.82. The molecule has 2 N–H and O–H groups in total. The molecule has 0 amide bonds. The van der Waals surface area contributed by atoms with Crippen molar-refractivity contribution in [3.05, 3.63) is 65.2 Å². The van der Waals surface area contributed by atoms with E-state index in [0.29, 0.717) is 13.2 Å². The first-order valence-corrected chi connectivity index (χ1v) is 8.37. The summed E-state index contributed by atoms with van der Waals surface area (Å²) in [6.45, 7) is 4.83. The van der Waals surface area contributed by atoms with Crippen LogP contribution in [0.1, 0.15) is 36.0 Å². The molecule has 0 heterocycles. The van der Waals surface area contributed by atoms with E-state index in [0.717, 1.165) is 38.1 Å². The lowest BCUT2D eigenvalue weighted by Gasteiger charge is -2.10. The summed E-state index contributed by atoms with van der Waals surface area (Å²) in [5, 5.41) is 12.2. The third-order valence-electron chi connectivity index (χ3n) is 3.89. The molecule has 0 fully saturated rings. The minimum atomic E-state index is 0.292. The lowest BCUT2D eigenvalue weighted by molar-refractivity contribution is 0.283. The molecular formula is C20H27NO2. The van der Waals surface area contributed by atoms with E-state index < -0.39 is 0 Å². The molecule has 0 bridgehead atoms. The van der Waals surface area contributed by atoms with Gasteiger partial charge in [0.1, 0.15) is 12.4 Å². The third-order valence-corrected chi connectivity index (χ3v) is 3.89. The van der Waals surface area contributed by atoms with Gasteiger partial charge in [0.25, 0.3) is 0 Å². The van der Waals surface area contributed by atoms with Crippen molar-refractivity contribution in [1.29, 1.82) is 0 Å². The van der Waals surface area contributed by atoms with Crippen LogP contribution in [0.3, 0.4) is 0 Å². The Balaban J connectivity index is 1.77. The van der Waals surface area contributed by atoms with Crippen molar-refractivity contribution >= 4 is 0 Å². The van der Waals surface area contributed by atoms with Crippen LogP contribution in [-0.4, -0.2) is 18.3 Å². The minimum absolute atomic E-state index is 0.292. The molecule has 3 heteroatoms. The Morgan fingerprint density at radius 3 is 2.70 bits per heavy atom. The van der Waals surface area contributed by atoms with Crippen LogP contribution in [0, 0.1) is 6.92 Å². The van der Waals surface area contributed by atoms with Crippen molar-refractivity contribution in [3.63, 3.8) is 0 Å². The van der Waals surface area contributed by atoms with E-state index in [2.05, 4.69) is 36.5 Å². The topological polar surface area (TPSA) is 41.5 Å². The number of aryl methyl sites for hydroxylation is 1. The number of hydrogen-bond donors (Lipinski definition) is 2. The van der Waals surface area contributed by atoms with Crippen molar-refractivity contribution in [1.82, 2.24) is 5.32 Å². The van der Waals surface area contributed by atoms with Gasteiger partial charge >= 0.3 is 0 Å². The zero-order valence-electron chi connectivity index (χ0n) is 13.9. The van der Waals surface area contributed by atoms with E-state index >= 15 is 0 Å². The van der Waals surface area contributed by atoms with E-state index in [1.54, 1.807) is 0 Å². The van der Waals surface area contributed by atoms with Gasteiger partial charge in [-0.1, -0.05) is 36.4 Å². The molecule has 0 aliphatic carbocycles. The quantitative estimate of drug-likeness (QED) is 0.655. The minimum Gasteiger partial charge on any atom is -0.489 e. The molecule has 0 unspecified atom stereocenters. The molecule has 2 aromatic carbocycles. The van der Waals surface area contributed by atoms with Gasteiger partial charge in [-0.15, -0.1) is 0 Å². The maximum absolute atomic E-state index is 8.75. The fraction of sp³-hybridized carbons (Fsp3) is 0.400. The van der Waals surface area contributed by atoms with Gasteiger partial charge in [-0.05, 0) is 61.6 Å². The van der Waals surface area contributed by atoms with E-state index in [4.69, 9.17) is 9.84 Å². The van der Waals surface area contributed by atoms with Crippen molar-refractivity contribution < 1.29 is 9.84 Å². The Kier molecular flexibility index (Phi) is 7.64. The second-order valence-electron chi connectivity index (χ2n) is 5.82. The monoisotopic (exact) mass is 313 g/mol. The van der Waals surface area contributed by atoms with Crippen LogP contribution in [0.2, 0.25) is 0 Å². The Morgan fingerprint density at radius 1 is 1.00 bits per heavy atom. The largest absolute Gasteiger partial charge is 0.489 e. The number of hydrogen-bond acceptors (Lipinski definition) is 3. The van der Waals surface area contributed by atoms with Crippen molar-refractivity contribution in [3.8, 4) is 5.75 Å². The lowest BCUT2D eigenvalue weighted by Crippen LogP contribution is -2.14. The molecule has 2 aromatic rings. The van der Waals surface area contributed by atoms with Gasteiger partial charge in [-0.2, -0.15) is 0 Å². The van der Waals surface area contributed by atoms with Gasteiger partial charge in [-0.25, -0.2) is 0 Å². The van der Waals surface area contributed by atoms with Crippen LogP contribution in [-0.2, 0) is 13.2 Å². The molecule has 3 nitrogen and oxygen atoms in total. The predicted molar refractivity (Wildman–Crippen MR) is 94.6 cm³/mol. The number of benzene rings is 2. The van der Waals surface area contributed by atoms with Crippen LogP contribution in [0.25, 0.3) is 0 Å². The standard InChI is InChI=1S/C20H27NO2/c1-17-8-3-4-10-19(17)16-23-20-11-7-9-18(14-20)15-21-12-5-2-6-13-22/h3-4,7-11,14,21-22H,2,5-6,12-13,15-16H2,1H3. The highest BCUT2D eigenvalue weighted by atomic mass is 16.5. The van der Waals surface area contributed by atoms with E-state index in [1.165, 1.54) is 16.7 Å². The molecule has 0 aliphatic heterocycles. The van der Waals surface area contributed by atoms with Gasteiger partial charge in [-0.3, -0.25) is 0 Å². The number of aliphatic hydroxyl groups excluding tert-OH is 1. The predicted octanol–water partition coefficient (Wildman–Crippen LogP) is 3.83. The number of nitrogens with one attached hydrogen (secondary N) is 1. The first-order valence-electron chi connectivity index (χ1n) is 8.37. The average Bonchev–Trinajstić information content (AvgIpc) is 2.58. The lowest BCUT2D eigenvalue weighted by atomic mass is 10.1. The summed E-state index contributed by atoms with van der Waals surface area (Å²) < 4.78 is 5.92. The average molecular weight is 313 g/mol. The van der Waals surface area contributed by atoms with Gasteiger partial charge in [0.05, 0.1) is 0 Å². The zero-order chi connectivity index (χ0) is 16.3. The molecule has 0 saturated carbocycles. The fourth-order valence-corrected chi connectivity index (χ4v) is 2.45. The Bertz CT molecular complexity index is 583. The van der Waals surface area contributed by atoms with Gasteiger partial charge in [0.2, 0.25) is 0 Å². The molecule has 0 saturated heterocycles. The van der Waals surface area contributed by atoms with Crippen LogP contribution >= 0.6 is 0 Å². The van der Waals surface area contributed by atoms with Gasteiger partial charge in [0.15, 0.2) is 0 Å². The van der Waals surface area contributed by atoms with Crippen molar-refractivity contribution in [2.24, 2.45) is 0 Å². The van der Waals surface area contributed by atoms with Crippen LogP contribution < -0.4 is 10.1 Å². The molecule has 2 rings (SSSR count). The molecule has 23 heavy (non-hydrogen) atoms. The highest BCUT2D eigenvalue weighted by Gasteiger charge is 2.00. The summed E-state index contributed by atoms with van der Waals surface area (Å²) in [6, 6.07) is 16.6. The molecule has 0 radical (unpaired) electrons. The summed E-state index contributed by atoms with van der Waals surface area (Å²) in [5.41, 5.74) is 3.71. The summed E-state index contributed by atoms with van der Waals surface area (Å²) in [6.07, 6.45) is 3.07. The Morgan fingerprint density at radius 2 is 1.87 bits per heavy atom. The molecule has 0 aliphatic rings. The maximum atomic E-state index is 8.75. The Hall–Kier alpha value is -1.84. The highest BCUT2D eigenvalue weighted by Crippen LogP contribution is 2.16. The maximum Gasteiger partial charge on any atom is 0.120 e. The van der Waals surface area contributed by atoms with Gasteiger partial charge in [0, 0.05) is 13.2 Å². The van der Waals surface area contributed by atoms with Crippen molar-refractivity contribution in [2.75, 3.05) is 13.2 Å². The van der Waals surface area contributed by atoms with Crippen LogP contribution in [0.4, 0.5) is 0 Å². The molecule has 0 atom stereocenters. The SMILES string of the molecule is Cc1ccccc1COc1cccc(CNCCCCCO)c1. The number of aliphatic hydroxyl groups is 1. The third kappa shape index (κ3) is 6.43. The summed E-state index contributed by atoms with van der Waals surface area (Å²) in [5.74, 6) is 0.910. The number of rotatable bonds is 10. The second kappa shape index (κ2) is 10.0. The van der Waals surface area contributed by atoms with Crippen LogP contribution in [0.15, 0.2) is 48.5 Å². The summed E-state index contributed by atoms with van der Waals surface area (Å²) >= 11 is 0. The van der Waals surface area contributed by atoms with Crippen molar-refractivity contribution in [2.45, 2.75) is 39.3 Å². The molecular weight excluding hydrogens is 286 g/mol. The zero-order valence-corrected chi connectivity index (χ0v) is 13.9.